The van der Waals surface area contributed by atoms with Crippen molar-refractivity contribution < 1.29 is 22.7 Å². The van der Waals surface area contributed by atoms with Gasteiger partial charge in [-0.25, -0.2) is 4.99 Å². The molecular weight excluding hydrogens is 536 g/mol. The molecule has 2 rings (SSSR count). The number of ether oxygens (including phenoxy) is 1. The summed E-state index contributed by atoms with van der Waals surface area (Å²) in [5.41, 5.74) is 7.89. The van der Waals surface area contributed by atoms with Gasteiger partial charge in [0.15, 0.2) is 5.96 Å². The minimum atomic E-state index is -4.73. The molecule has 0 aliphatic heterocycles. The number of anilines is 1. The number of nitrogens with zero attached hydrogens (tertiary/aromatic N) is 1. The van der Waals surface area contributed by atoms with Crippen LogP contribution in [0.15, 0.2) is 47.5 Å². The molecule has 2 aromatic carbocycles. The highest BCUT2D eigenvalue weighted by molar-refractivity contribution is 14.0. The SMILES string of the molecule is Cc1ccc(NC(=O)CCNC(N)=NCc2ccc(OC(F)(F)F)cc2)c(Cl)c1.I. The van der Waals surface area contributed by atoms with E-state index in [-0.39, 0.29) is 61.1 Å². The maximum absolute atomic E-state index is 12.1. The minimum Gasteiger partial charge on any atom is -0.406 e. The molecule has 0 aromatic heterocycles. The number of halogens is 5. The number of rotatable bonds is 7. The number of aryl methyl sites for hydroxylation is 1. The molecule has 0 radical (unpaired) electrons. The summed E-state index contributed by atoms with van der Waals surface area (Å²) < 4.78 is 40.2. The molecule has 1 amide bonds. The van der Waals surface area contributed by atoms with E-state index >= 15 is 0 Å². The molecule has 6 nitrogen and oxygen atoms in total. The Kier molecular flexibility index (Phi) is 10.2. The van der Waals surface area contributed by atoms with Crippen molar-refractivity contribution in [2.45, 2.75) is 26.3 Å². The van der Waals surface area contributed by atoms with Gasteiger partial charge in [0.1, 0.15) is 5.75 Å². The first-order chi connectivity index (χ1) is 13.6. The fourth-order valence-electron chi connectivity index (χ4n) is 2.27. The monoisotopic (exact) mass is 556 g/mol. The van der Waals surface area contributed by atoms with Crippen molar-refractivity contribution in [1.82, 2.24) is 5.32 Å². The van der Waals surface area contributed by atoms with Crippen LogP contribution < -0.4 is 21.1 Å². The summed E-state index contributed by atoms with van der Waals surface area (Å²) in [6.45, 7) is 2.31. The number of hydrogen-bond acceptors (Lipinski definition) is 3. The zero-order valence-electron chi connectivity index (χ0n) is 15.9. The Balaban J connectivity index is 0.00000450. The third kappa shape index (κ3) is 9.53. The molecule has 2 aromatic rings. The molecule has 0 saturated carbocycles. The lowest BCUT2D eigenvalue weighted by molar-refractivity contribution is -0.274. The third-order valence-electron chi connectivity index (χ3n) is 3.65. The van der Waals surface area contributed by atoms with Gasteiger partial charge >= 0.3 is 6.36 Å². The van der Waals surface area contributed by atoms with Gasteiger partial charge in [-0.2, -0.15) is 0 Å². The Labute approximate surface area is 194 Å². The Morgan fingerprint density at radius 3 is 2.47 bits per heavy atom. The summed E-state index contributed by atoms with van der Waals surface area (Å²) in [5, 5.41) is 5.96. The van der Waals surface area contributed by atoms with Crippen molar-refractivity contribution in [3.8, 4) is 5.75 Å². The molecule has 0 aliphatic carbocycles. The Morgan fingerprint density at radius 1 is 1.20 bits per heavy atom. The van der Waals surface area contributed by atoms with Crippen LogP contribution >= 0.6 is 35.6 Å². The van der Waals surface area contributed by atoms with Crippen LogP contribution in [0.1, 0.15) is 17.5 Å². The van der Waals surface area contributed by atoms with Crippen molar-refractivity contribution in [3.05, 3.63) is 58.6 Å². The van der Waals surface area contributed by atoms with E-state index in [2.05, 4.69) is 20.4 Å². The normalized spacial score (nSPS) is 11.4. The molecule has 4 N–H and O–H groups in total. The van der Waals surface area contributed by atoms with Gasteiger partial charge in [-0.15, -0.1) is 37.1 Å². The number of nitrogens with two attached hydrogens (primary N) is 1. The molecule has 0 atom stereocenters. The number of carbonyl (C=O) groups is 1. The molecule has 0 fully saturated rings. The Hall–Kier alpha value is -2.21. The smallest absolute Gasteiger partial charge is 0.406 e. The minimum absolute atomic E-state index is 0. The predicted molar refractivity (Wildman–Crippen MR) is 121 cm³/mol. The van der Waals surface area contributed by atoms with Gasteiger partial charge in [0.2, 0.25) is 5.91 Å². The molecule has 0 spiro atoms. The van der Waals surface area contributed by atoms with Crippen LogP contribution in [0, 0.1) is 6.92 Å². The summed E-state index contributed by atoms with van der Waals surface area (Å²) in [4.78, 5) is 16.0. The molecule has 0 saturated heterocycles. The zero-order valence-corrected chi connectivity index (χ0v) is 19.0. The predicted octanol–water partition coefficient (Wildman–Crippen LogP) is 4.60. The van der Waals surface area contributed by atoms with Gasteiger partial charge in [-0.1, -0.05) is 29.8 Å². The maximum Gasteiger partial charge on any atom is 0.573 e. The van der Waals surface area contributed by atoms with E-state index in [9.17, 15) is 18.0 Å². The van der Waals surface area contributed by atoms with Gasteiger partial charge in [0, 0.05) is 13.0 Å². The second-order valence-electron chi connectivity index (χ2n) is 6.10. The lowest BCUT2D eigenvalue weighted by atomic mass is 10.2. The van der Waals surface area contributed by atoms with Crippen molar-refractivity contribution in [3.63, 3.8) is 0 Å². The topological polar surface area (TPSA) is 88.7 Å². The third-order valence-corrected chi connectivity index (χ3v) is 3.96. The van der Waals surface area contributed by atoms with Crippen molar-refractivity contribution in [2.75, 3.05) is 11.9 Å². The highest BCUT2D eigenvalue weighted by atomic mass is 127. The maximum atomic E-state index is 12.1. The van der Waals surface area contributed by atoms with E-state index < -0.39 is 6.36 Å². The summed E-state index contributed by atoms with van der Waals surface area (Å²) >= 11 is 6.07. The lowest BCUT2D eigenvalue weighted by Crippen LogP contribution is -2.34. The summed E-state index contributed by atoms with van der Waals surface area (Å²) in [6, 6.07) is 10.6. The quantitative estimate of drug-likeness (QED) is 0.264. The van der Waals surface area contributed by atoms with Gasteiger partial charge in [-0.3, -0.25) is 4.79 Å². The number of alkyl halides is 3. The van der Waals surface area contributed by atoms with Gasteiger partial charge in [0.05, 0.1) is 17.3 Å². The second-order valence-corrected chi connectivity index (χ2v) is 6.51. The summed E-state index contributed by atoms with van der Waals surface area (Å²) in [6.07, 6.45) is -4.59. The van der Waals surface area contributed by atoms with Crippen LogP contribution in [0.4, 0.5) is 18.9 Å². The first-order valence-corrected chi connectivity index (χ1v) is 8.94. The van der Waals surface area contributed by atoms with Crippen LogP contribution in [0.5, 0.6) is 5.75 Å². The molecule has 0 bridgehead atoms. The molecular formula is C19H21ClF3IN4O2. The van der Waals surface area contributed by atoms with Crippen LogP contribution in [-0.4, -0.2) is 24.8 Å². The number of amides is 1. The number of hydrogen-bond donors (Lipinski definition) is 3. The molecule has 0 aliphatic rings. The fraction of sp³-hybridized carbons (Fsp3) is 0.263. The molecule has 11 heteroatoms. The highest BCUT2D eigenvalue weighted by Crippen LogP contribution is 2.23. The van der Waals surface area contributed by atoms with Crippen LogP contribution in [-0.2, 0) is 11.3 Å². The number of aliphatic imine (C=N–C) groups is 1. The van der Waals surface area contributed by atoms with E-state index in [0.29, 0.717) is 16.3 Å². The number of carbonyl (C=O) groups excluding carboxylic acids is 1. The van der Waals surface area contributed by atoms with E-state index in [4.69, 9.17) is 17.3 Å². The second kappa shape index (κ2) is 11.8. The van der Waals surface area contributed by atoms with Crippen molar-refractivity contribution >= 4 is 53.1 Å². The number of guanidine groups is 1. The Bertz CT molecular complexity index is 877. The molecule has 0 heterocycles. The van der Waals surface area contributed by atoms with Crippen molar-refractivity contribution in [1.29, 1.82) is 0 Å². The summed E-state index contributed by atoms with van der Waals surface area (Å²) in [5.74, 6) is -0.436. The van der Waals surface area contributed by atoms with Gasteiger partial charge < -0.3 is 21.1 Å². The zero-order chi connectivity index (χ0) is 21.4. The van der Waals surface area contributed by atoms with E-state index in [1.165, 1.54) is 24.3 Å². The summed E-state index contributed by atoms with van der Waals surface area (Å²) in [7, 11) is 0. The lowest BCUT2D eigenvalue weighted by Gasteiger charge is -2.09. The average molecular weight is 557 g/mol. The number of nitrogens with one attached hydrogen (secondary N) is 2. The van der Waals surface area contributed by atoms with Crippen LogP contribution in [0.2, 0.25) is 5.02 Å². The van der Waals surface area contributed by atoms with Crippen molar-refractivity contribution in [2.24, 2.45) is 10.7 Å². The first-order valence-electron chi connectivity index (χ1n) is 8.57. The average Bonchev–Trinajstić information content (AvgIpc) is 2.62. The highest BCUT2D eigenvalue weighted by Gasteiger charge is 2.30. The van der Waals surface area contributed by atoms with Gasteiger partial charge in [0.25, 0.3) is 0 Å². The molecule has 0 unspecified atom stereocenters. The largest absolute Gasteiger partial charge is 0.573 e. The van der Waals surface area contributed by atoms with Gasteiger partial charge in [-0.05, 0) is 42.3 Å². The Morgan fingerprint density at radius 2 is 1.87 bits per heavy atom. The first kappa shape index (κ1) is 25.8. The standard InChI is InChI=1S/C19H20ClF3N4O2.HI/c1-12-2-7-16(15(20)10-12)27-17(28)8-9-25-18(24)26-11-13-3-5-14(6-4-13)29-19(21,22)23;/h2-7,10H,8-9,11H2,1H3,(H,27,28)(H3,24,25,26);1H. The van der Waals surface area contributed by atoms with Crippen LogP contribution in [0.25, 0.3) is 0 Å². The van der Waals surface area contributed by atoms with E-state index in [1.54, 1.807) is 12.1 Å². The van der Waals surface area contributed by atoms with E-state index in [1.807, 2.05) is 13.0 Å². The number of benzene rings is 2. The molecule has 164 valence electrons. The van der Waals surface area contributed by atoms with E-state index in [0.717, 1.165) is 5.56 Å². The fourth-order valence-corrected chi connectivity index (χ4v) is 2.55. The van der Waals surface area contributed by atoms with Crippen LogP contribution in [0.3, 0.4) is 0 Å². The molecule has 30 heavy (non-hydrogen) atoms.